The van der Waals surface area contributed by atoms with E-state index in [4.69, 9.17) is 14.2 Å². The van der Waals surface area contributed by atoms with Gasteiger partial charge in [0, 0.05) is 5.56 Å². The maximum absolute atomic E-state index is 14.5. The maximum Gasteiger partial charge on any atom is 0.419 e. The van der Waals surface area contributed by atoms with Crippen LogP contribution in [0, 0.1) is 5.82 Å². The summed E-state index contributed by atoms with van der Waals surface area (Å²) in [5, 5.41) is 0. The van der Waals surface area contributed by atoms with E-state index < -0.39 is 29.3 Å². The lowest BCUT2D eigenvalue weighted by atomic mass is 10.0. The number of alkyl halides is 3. The van der Waals surface area contributed by atoms with Gasteiger partial charge in [0.05, 0.1) is 17.5 Å². The second-order valence-corrected chi connectivity index (χ2v) is 8.00. The molecule has 3 aromatic rings. The van der Waals surface area contributed by atoms with Crippen molar-refractivity contribution in [2.75, 3.05) is 13.2 Å². The van der Waals surface area contributed by atoms with Crippen LogP contribution >= 0.6 is 0 Å². The Labute approximate surface area is 217 Å². The highest BCUT2D eigenvalue weighted by Crippen LogP contribution is 2.39. The van der Waals surface area contributed by atoms with E-state index in [1.54, 1.807) is 30.3 Å². The van der Waals surface area contributed by atoms with Crippen LogP contribution in [0.25, 0.3) is 11.1 Å². The van der Waals surface area contributed by atoms with Crippen molar-refractivity contribution in [1.82, 2.24) is 0 Å². The number of halogens is 4. The van der Waals surface area contributed by atoms with Crippen LogP contribution in [-0.2, 0) is 28.7 Å². The zero-order valence-electron chi connectivity index (χ0n) is 20.2. The molecule has 0 saturated carbocycles. The SMILES string of the molecule is C=CCOC(=O)Cc1ccc(-c2ccc(OCc3ccc(C(F)(F)F)c(OCC=C)c3C=O)cc2)cc1F. The lowest BCUT2D eigenvalue weighted by molar-refractivity contribution is -0.141. The summed E-state index contributed by atoms with van der Waals surface area (Å²) in [7, 11) is 0. The molecule has 0 fully saturated rings. The van der Waals surface area contributed by atoms with Gasteiger partial charge in [-0.1, -0.05) is 55.6 Å². The highest BCUT2D eigenvalue weighted by atomic mass is 19.4. The first-order valence-corrected chi connectivity index (χ1v) is 11.4. The summed E-state index contributed by atoms with van der Waals surface area (Å²) in [4.78, 5) is 23.4. The minimum Gasteiger partial charge on any atom is -0.489 e. The van der Waals surface area contributed by atoms with E-state index in [1.807, 2.05) is 0 Å². The van der Waals surface area contributed by atoms with Gasteiger partial charge in [-0.05, 0) is 41.0 Å². The molecule has 0 saturated heterocycles. The summed E-state index contributed by atoms with van der Waals surface area (Å²) in [6, 6.07) is 13.0. The molecule has 0 atom stereocenters. The normalized spacial score (nSPS) is 10.9. The first-order chi connectivity index (χ1) is 18.2. The molecule has 0 heterocycles. The van der Waals surface area contributed by atoms with Gasteiger partial charge in [-0.3, -0.25) is 9.59 Å². The minimum absolute atomic E-state index is 0.0481. The first kappa shape index (κ1) is 28.2. The zero-order chi connectivity index (χ0) is 27.7. The summed E-state index contributed by atoms with van der Waals surface area (Å²) in [5.41, 5.74) is 0.304. The van der Waals surface area contributed by atoms with E-state index in [0.717, 1.165) is 6.07 Å². The first-order valence-electron chi connectivity index (χ1n) is 11.4. The van der Waals surface area contributed by atoms with Gasteiger partial charge in [0.15, 0.2) is 6.29 Å². The fourth-order valence-corrected chi connectivity index (χ4v) is 3.55. The zero-order valence-corrected chi connectivity index (χ0v) is 20.2. The molecule has 38 heavy (non-hydrogen) atoms. The van der Waals surface area contributed by atoms with E-state index in [1.165, 1.54) is 30.4 Å². The van der Waals surface area contributed by atoms with E-state index >= 15 is 0 Å². The Kier molecular flexibility index (Phi) is 9.43. The Morgan fingerprint density at radius 3 is 2.13 bits per heavy atom. The number of benzene rings is 3. The molecule has 0 spiro atoms. The number of hydrogen-bond acceptors (Lipinski definition) is 5. The molecule has 0 aliphatic heterocycles. The van der Waals surface area contributed by atoms with Crippen molar-refractivity contribution in [1.29, 1.82) is 0 Å². The highest BCUT2D eigenvalue weighted by Gasteiger charge is 2.36. The standard InChI is InChI=1S/C29H24F4O5/c1-3-13-36-27(35)16-21-6-5-20(15-26(21)30)19-7-10-23(11-8-19)38-18-22-9-12-25(29(31,32)33)28(24(22)17-34)37-14-4-2/h3-12,15,17H,1-2,13-14,16,18H2. The van der Waals surface area contributed by atoms with Crippen LogP contribution in [0.15, 0.2) is 79.9 Å². The van der Waals surface area contributed by atoms with Gasteiger partial charge in [-0.25, -0.2) is 4.39 Å². The largest absolute Gasteiger partial charge is 0.489 e. The Hall–Kier alpha value is -4.40. The molecular weight excluding hydrogens is 504 g/mol. The summed E-state index contributed by atoms with van der Waals surface area (Å²) >= 11 is 0. The van der Waals surface area contributed by atoms with Crippen LogP contribution in [0.1, 0.15) is 27.0 Å². The fraction of sp³-hybridized carbons (Fsp3) is 0.172. The van der Waals surface area contributed by atoms with Crippen LogP contribution in [0.4, 0.5) is 17.6 Å². The molecule has 9 heteroatoms. The van der Waals surface area contributed by atoms with Crippen molar-refractivity contribution in [2.45, 2.75) is 19.2 Å². The van der Waals surface area contributed by atoms with Crippen LogP contribution in [0.2, 0.25) is 0 Å². The molecule has 3 rings (SSSR count). The van der Waals surface area contributed by atoms with Crippen LogP contribution in [0.3, 0.4) is 0 Å². The second-order valence-electron chi connectivity index (χ2n) is 8.00. The Morgan fingerprint density at radius 1 is 0.868 bits per heavy atom. The molecule has 3 aromatic carbocycles. The maximum atomic E-state index is 14.5. The van der Waals surface area contributed by atoms with Crippen molar-refractivity contribution in [3.05, 3.63) is 108 Å². The molecule has 0 aliphatic carbocycles. The van der Waals surface area contributed by atoms with Crippen LogP contribution < -0.4 is 9.47 Å². The number of aldehydes is 1. The summed E-state index contributed by atoms with van der Waals surface area (Å²) in [5.74, 6) is -1.33. The third-order valence-electron chi connectivity index (χ3n) is 5.39. The number of hydrogen-bond donors (Lipinski definition) is 0. The molecule has 0 amide bonds. The lowest BCUT2D eigenvalue weighted by Gasteiger charge is -2.18. The molecule has 0 aliphatic rings. The summed E-state index contributed by atoms with van der Waals surface area (Å²) in [6.45, 7) is 6.51. The van der Waals surface area contributed by atoms with Gasteiger partial charge in [0.1, 0.15) is 37.1 Å². The number of esters is 1. The van der Waals surface area contributed by atoms with Crippen molar-refractivity contribution < 1.29 is 41.4 Å². The van der Waals surface area contributed by atoms with Gasteiger partial charge in [0.25, 0.3) is 0 Å². The molecule has 198 valence electrons. The monoisotopic (exact) mass is 528 g/mol. The van der Waals surface area contributed by atoms with Crippen molar-refractivity contribution >= 4 is 12.3 Å². The Balaban J connectivity index is 1.74. The Bertz CT molecular complexity index is 1310. The van der Waals surface area contributed by atoms with E-state index in [0.29, 0.717) is 23.2 Å². The molecule has 0 N–H and O–H groups in total. The quantitative estimate of drug-likeness (QED) is 0.113. The van der Waals surface area contributed by atoms with Gasteiger partial charge < -0.3 is 14.2 Å². The molecular formula is C29H24F4O5. The predicted octanol–water partition coefficient (Wildman–Crippen LogP) is 6.74. The van der Waals surface area contributed by atoms with Crippen molar-refractivity contribution in [3.63, 3.8) is 0 Å². The fourth-order valence-electron chi connectivity index (χ4n) is 3.55. The summed E-state index contributed by atoms with van der Waals surface area (Å²) < 4.78 is 70.4. The minimum atomic E-state index is -4.71. The van der Waals surface area contributed by atoms with Gasteiger partial charge in [0.2, 0.25) is 0 Å². The van der Waals surface area contributed by atoms with E-state index in [2.05, 4.69) is 13.2 Å². The average molecular weight is 528 g/mol. The number of carbonyl (C=O) groups excluding carboxylic acids is 2. The van der Waals surface area contributed by atoms with E-state index in [9.17, 15) is 27.2 Å². The molecule has 0 unspecified atom stereocenters. The predicted molar refractivity (Wildman–Crippen MR) is 134 cm³/mol. The topological polar surface area (TPSA) is 61.8 Å². The van der Waals surface area contributed by atoms with Crippen LogP contribution in [-0.4, -0.2) is 25.5 Å². The van der Waals surface area contributed by atoms with Crippen LogP contribution in [0.5, 0.6) is 11.5 Å². The molecule has 5 nitrogen and oxygen atoms in total. The second kappa shape index (κ2) is 12.7. The van der Waals surface area contributed by atoms with Gasteiger partial charge in [-0.15, -0.1) is 0 Å². The van der Waals surface area contributed by atoms with Crippen molar-refractivity contribution in [3.8, 4) is 22.6 Å². The van der Waals surface area contributed by atoms with E-state index in [-0.39, 0.29) is 42.9 Å². The third kappa shape index (κ3) is 7.09. The number of ether oxygens (including phenoxy) is 3. The number of carbonyl (C=O) groups is 2. The summed E-state index contributed by atoms with van der Waals surface area (Å²) in [6.07, 6.45) is -1.93. The highest BCUT2D eigenvalue weighted by molar-refractivity contribution is 5.83. The Morgan fingerprint density at radius 2 is 1.53 bits per heavy atom. The van der Waals surface area contributed by atoms with Gasteiger partial charge in [-0.2, -0.15) is 13.2 Å². The average Bonchev–Trinajstić information content (AvgIpc) is 2.90. The lowest BCUT2D eigenvalue weighted by Crippen LogP contribution is -2.13. The molecule has 0 bridgehead atoms. The van der Waals surface area contributed by atoms with Gasteiger partial charge >= 0.3 is 12.1 Å². The van der Waals surface area contributed by atoms with Crippen molar-refractivity contribution in [2.24, 2.45) is 0 Å². The number of rotatable bonds is 12. The molecule has 0 aromatic heterocycles. The molecule has 0 radical (unpaired) electrons. The smallest absolute Gasteiger partial charge is 0.419 e. The third-order valence-corrected chi connectivity index (χ3v) is 5.39.